The van der Waals surface area contributed by atoms with Gasteiger partial charge in [0.25, 0.3) is 0 Å². The molecule has 1 amide bonds. The van der Waals surface area contributed by atoms with Gasteiger partial charge in [-0.3, -0.25) is 0 Å². The number of aryl methyl sites for hydroxylation is 1. The average Bonchev–Trinajstić information content (AvgIpc) is 2.73. The highest BCUT2D eigenvalue weighted by Crippen LogP contribution is 2.06. The van der Waals surface area contributed by atoms with Gasteiger partial charge in [-0.2, -0.15) is 0 Å². The Hall–Kier alpha value is -1.56. The molecular formula is C14H26N4O2. The van der Waals surface area contributed by atoms with Gasteiger partial charge in [-0.25, -0.2) is 9.78 Å². The Labute approximate surface area is 120 Å². The zero-order valence-corrected chi connectivity index (χ0v) is 13.0. The Kier molecular flexibility index (Phi) is 6.01. The fraction of sp³-hybridized carbons (Fsp3) is 0.714. The summed E-state index contributed by atoms with van der Waals surface area (Å²) in [5.74, 6) is 0. The van der Waals surface area contributed by atoms with Crippen molar-refractivity contribution in [2.45, 2.75) is 59.2 Å². The summed E-state index contributed by atoms with van der Waals surface area (Å²) in [6.45, 7) is 10.8. The number of rotatable bonds is 6. The number of amides is 1. The van der Waals surface area contributed by atoms with Gasteiger partial charge in [-0.15, -0.1) is 0 Å². The van der Waals surface area contributed by atoms with Crippen LogP contribution in [0.3, 0.4) is 0 Å². The van der Waals surface area contributed by atoms with E-state index in [1.165, 1.54) is 0 Å². The minimum absolute atomic E-state index is 0.193. The number of aromatic nitrogens is 2. The van der Waals surface area contributed by atoms with Gasteiger partial charge in [0.1, 0.15) is 5.60 Å². The van der Waals surface area contributed by atoms with E-state index in [1.54, 1.807) is 6.33 Å². The first-order valence-corrected chi connectivity index (χ1v) is 7.01. The van der Waals surface area contributed by atoms with Crippen LogP contribution in [0.2, 0.25) is 0 Å². The second-order valence-electron chi connectivity index (χ2n) is 5.84. The van der Waals surface area contributed by atoms with Crippen LogP contribution in [0, 0.1) is 6.92 Å². The molecule has 0 fully saturated rings. The van der Waals surface area contributed by atoms with Crippen LogP contribution in [0.25, 0.3) is 0 Å². The highest BCUT2D eigenvalue weighted by Gasteiger charge is 2.17. The number of imidazole rings is 1. The summed E-state index contributed by atoms with van der Waals surface area (Å²) in [6.07, 6.45) is 2.22. The Morgan fingerprint density at radius 1 is 1.50 bits per heavy atom. The SMILES string of the molecule is CCC(CNC(=O)OC(C)(C)C)NCc1nc[nH]c1C. The molecule has 0 aliphatic heterocycles. The van der Waals surface area contributed by atoms with Gasteiger partial charge >= 0.3 is 6.09 Å². The largest absolute Gasteiger partial charge is 0.444 e. The van der Waals surface area contributed by atoms with Gasteiger partial charge < -0.3 is 20.4 Å². The van der Waals surface area contributed by atoms with Gasteiger partial charge in [0.2, 0.25) is 0 Å². The van der Waals surface area contributed by atoms with Gasteiger partial charge in [0.05, 0.1) is 12.0 Å². The number of nitrogens with zero attached hydrogens (tertiary/aromatic N) is 1. The highest BCUT2D eigenvalue weighted by molar-refractivity contribution is 5.67. The van der Waals surface area contributed by atoms with Crippen molar-refractivity contribution < 1.29 is 9.53 Å². The molecule has 0 aliphatic carbocycles. The molecule has 20 heavy (non-hydrogen) atoms. The molecule has 0 radical (unpaired) electrons. The maximum Gasteiger partial charge on any atom is 0.407 e. The summed E-state index contributed by atoms with van der Waals surface area (Å²) in [5.41, 5.74) is 1.60. The van der Waals surface area contributed by atoms with Crippen LogP contribution in [0.15, 0.2) is 6.33 Å². The second-order valence-corrected chi connectivity index (χ2v) is 5.84. The van der Waals surface area contributed by atoms with Crippen LogP contribution in [-0.2, 0) is 11.3 Å². The summed E-state index contributed by atoms with van der Waals surface area (Å²) < 4.78 is 5.21. The molecule has 114 valence electrons. The van der Waals surface area contributed by atoms with E-state index < -0.39 is 5.60 Å². The van der Waals surface area contributed by atoms with Crippen molar-refractivity contribution in [2.75, 3.05) is 6.54 Å². The lowest BCUT2D eigenvalue weighted by Crippen LogP contribution is -2.42. The number of H-pyrrole nitrogens is 1. The van der Waals surface area contributed by atoms with Crippen LogP contribution in [0.4, 0.5) is 4.79 Å². The first-order chi connectivity index (χ1) is 9.31. The summed E-state index contributed by atoms with van der Waals surface area (Å²) in [6, 6.07) is 0.193. The van der Waals surface area contributed by atoms with Crippen LogP contribution in [0.1, 0.15) is 45.5 Å². The summed E-state index contributed by atoms with van der Waals surface area (Å²) in [4.78, 5) is 18.9. The number of ether oxygens (including phenoxy) is 1. The molecule has 6 nitrogen and oxygen atoms in total. The monoisotopic (exact) mass is 282 g/mol. The maximum absolute atomic E-state index is 11.6. The predicted octanol–water partition coefficient (Wildman–Crippen LogP) is 2.11. The summed E-state index contributed by atoms with van der Waals surface area (Å²) >= 11 is 0. The number of alkyl carbamates (subject to hydrolysis) is 1. The fourth-order valence-electron chi connectivity index (χ4n) is 1.69. The Morgan fingerprint density at radius 3 is 2.70 bits per heavy atom. The van der Waals surface area contributed by atoms with Crippen molar-refractivity contribution in [3.05, 3.63) is 17.7 Å². The van der Waals surface area contributed by atoms with Crippen LogP contribution < -0.4 is 10.6 Å². The van der Waals surface area contributed by atoms with Crippen molar-refractivity contribution in [1.82, 2.24) is 20.6 Å². The first kappa shape index (κ1) is 16.5. The zero-order chi connectivity index (χ0) is 15.2. The van der Waals surface area contributed by atoms with Crippen molar-refractivity contribution in [1.29, 1.82) is 0 Å². The Morgan fingerprint density at radius 2 is 2.20 bits per heavy atom. The molecule has 1 unspecified atom stereocenters. The minimum atomic E-state index is -0.467. The van der Waals surface area contributed by atoms with Gasteiger partial charge in [-0.1, -0.05) is 6.92 Å². The third-order valence-electron chi connectivity index (χ3n) is 2.88. The minimum Gasteiger partial charge on any atom is -0.444 e. The first-order valence-electron chi connectivity index (χ1n) is 7.01. The van der Waals surface area contributed by atoms with E-state index in [-0.39, 0.29) is 12.1 Å². The number of aromatic amines is 1. The predicted molar refractivity (Wildman–Crippen MR) is 78.5 cm³/mol. The molecule has 1 atom stereocenters. The molecule has 1 aromatic rings. The molecule has 6 heteroatoms. The molecule has 0 saturated carbocycles. The third kappa shape index (κ3) is 6.06. The smallest absolute Gasteiger partial charge is 0.407 e. The molecular weight excluding hydrogens is 256 g/mol. The normalized spacial score (nSPS) is 13.1. The quantitative estimate of drug-likeness (QED) is 0.746. The lowest BCUT2D eigenvalue weighted by atomic mass is 10.2. The van der Waals surface area contributed by atoms with Gasteiger partial charge in [0, 0.05) is 24.8 Å². The Bertz CT molecular complexity index is 423. The van der Waals surface area contributed by atoms with Crippen molar-refractivity contribution in [3.63, 3.8) is 0 Å². The van der Waals surface area contributed by atoms with Crippen molar-refractivity contribution in [2.24, 2.45) is 0 Å². The fourth-order valence-corrected chi connectivity index (χ4v) is 1.69. The van der Waals surface area contributed by atoms with Gasteiger partial charge in [-0.05, 0) is 34.1 Å². The van der Waals surface area contributed by atoms with E-state index >= 15 is 0 Å². The van der Waals surface area contributed by atoms with Crippen molar-refractivity contribution in [3.8, 4) is 0 Å². The number of carbonyl (C=O) groups excluding carboxylic acids is 1. The lowest BCUT2D eigenvalue weighted by Gasteiger charge is -2.22. The van der Waals surface area contributed by atoms with Crippen LogP contribution in [0.5, 0.6) is 0 Å². The molecule has 1 aromatic heterocycles. The molecule has 0 aromatic carbocycles. The maximum atomic E-state index is 11.6. The molecule has 0 spiro atoms. The molecule has 1 rings (SSSR count). The zero-order valence-electron chi connectivity index (χ0n) is 13.0. The van der Waals surface area contributed by atoms with E-state index in [1.807, 2.05) is 27.7 Å². The average molecular weight is 282 g/mol. The van der Waals surface area contributed by atoms with E-state index in [4.69, 9.17) is 4.74 Å². The Balaban J connectivity index is 2.33. The summed E-state index contributed by atoms with van der Waals surface area (Å²) in [5, 5.41) is 6.16. The number of nitrogens with one attached hydrogen (secondary N) is 3. The number of carbonyl (C=O) groups is 1. The summed E-state index contributed by atoms with van der Waals surface area (Å²) in [7, 11) is 0. The highest BCUT2D eigenvalue weighted by atomic mass is 16.6. The molecule has 0 saturated heterocycles. The molecule has 0 aliphatic rings. The van der Waals surface area contributed by atoms with Gasteiger partial charge in [0.15, 0.2) is 0 Å². The second kappa shape index (κ2) is 7.28. The molecule has 3 N–H and O–H groups in total. The van der Waals surface area contributed by atoms with E-state index in [9.17, 15) is 4.79 Å². The van der Waals surface area contributed by atoms with E-state index in [0.717, 1.165) is 17.8 Å². The number of hydrogen-bond donors (Lipinski definition) is 3. The lowest BCUT2D eigenvalue weighted by molar-refractivity contribution is 0.0522. The standard InChI is InChI=1S/C14H26N4O2/c1-6-11(7-16-13(19)20-14(3,4)5)15-8-12-10(2)17-9-18-12/h9,11,15H,6-8H2,1-5H3,(H,16,19)(H,17,18). The van der Waals surface area contributed by atoms with Crippen molar-refractivity contribution >= 4 is 6.09 Å². The van der Waals surface area contributed by atoms with E-state index in [2.05, 4.69) is 27.5 Å². The van der Waals surface area contributed by atoms with E-state index in [0.29, 0.717) is 13.1 Å². The number of hydrogen-bond acceptors (Lipinski definition) is 4. The molecule has 0 bridgehead atoms. The van der Waals surface area contributed by atoms with Crippen LogP contribution in [-0.4, -0.2) is 34.2 Å². The molecule has 1 heterocycles. The topological polar surface area (TPSA) is 79.0 Å². The third-order valence-corrected chi connectivity index (χ3v) is 2.88. The van der Waals surface area contributed by atoms with Crippen LogP contribution >= 0.6 is 0 Å².